The summed E-state index contributed by atoms with van der Waals surface area (Å²) in [6, 6.07) is 0. The van der Waals surface area contributed by atoms with E-state index in [-0.39, 0.29) is 19.6 Å². The highest BCUT2D eigenvalue weighted by molar-refractivity contribution is 5.78. The van der Waals surface area contributed by atoms with Crippen molar-refractivity contribution in [3.63, 3.8) is 0 Å². The van der Waals surface area contributed by atoms with E-state index >= 15 is 0 Å². The third kappa shape index (κ3) is 7.88. The zero-order valence-electron chi connectivity index (χ0n) is 10.1. The molecule has 18 heavy (non-hydrogen) atoms. The van der Waals surface area contributed by atoms with Gasteiger partial charge in [0.1, 0.15) is 6.61 Å². The minimum absolute atomic E-state index is 0.0968. The molecule has 0 spiro atoms. The van der Waals surface area contributed by atoms with Crippen molar-refractivity contribution in [2.24, 2.45) is 5.41 Å². The molecule has 0 aromatic rings. The molecule has 0 bridgehead atoms. The van der Waals surface area contributed by atoms with Gasteiger partial charge >= 0.3 is 12.1 Å². The summed E-state index contributed by atoms with van der Waals surface area (Å²) in [5, 5.41) is 11.1. The highest BCUT2D eigenvalue weighted by Crippen LogP contribution is 2.14. The summed E-state index contributed by atoms with van der Waals surface area (Å²) in [6.45, 7) is 0.992. The number of hydrogen-bond donors (Lipinski definition) is 2. The lowest BCUT2D eigenvalue weighted by molar-refractivity contribution is -0.174. The van der Waals surface area contributed by atoms with Crippen LogP contribution in [0.4, 0.5) is 13.2 Å². The molecule has 0 unspecified atom stereocenters. The number of carboxylic acid groups (broad SMARTS) is 1. The van der Waals surface area contributed by atoms with Crippen LogP contribution >= 0.6 is 0 Å². The van der Waals surface area contributed by atoms with Gasteiger partial charge in [0.15, 0.2) is 0 Å². The van der Waals surface area contributed by atoms with E-state index in [1.807, 2.05) is 0 Å². The molecular weight excluding hydrogens is 255 g/mol. The first-order valence-electron chi connectivity index (χ1n) is 5.19. The molecule has 0 aromatic carbocycles. The standard InChI is InChI=1S/C10H16F3NO4/c1-9(2,8(16)17)5-14-7(15)3-4-18-6-10(11,12)13/h3-6H2,1-2H3,(H,14,15)(H,16,17). The van der Waals surface area contributed by atoms with Crippen molar-refractivity contribution >= 4 is 11.9 Å². The fourth-order valence-corrected chi connectivity index (χ4v) is 0.836. The number of hydrogen-bond acceptors (Lipinski definition) is 3. The molecule has 8 heteroatoms. The van der Waals surface area contributed by atoms with Gasteiger partial charge in [-0.1, -0.05) is 0 Å². The molecule has 2 N–H and O–H groups in total. The summed E-state index contributed by atoms with van der Waals surface area (Å²) in [5.74, 6) is -1.62. The molecule has 5 nitrogen and oxygen atoms in total. The smallest absolute Gasteiger partial charge is 0.411 e. The number of aliphatic carboxylic acids is 1. The van der Waals surface area contributed by atoms with E-state index in [1.54, 1.807) is 0 Å². The number of carbonyl (C=O) groups excluding carboxylic acids is 1. The average molecular weight is 271 g/mol. The Bertz CT molecular complexity index is 302. The predicted molar refractivity (Wildman–Crippen MR) is 55.9 cm³/mol. The Balaban J connectivity index is 3.77. The highest BCUT2D eigenvalue weighted by atomic mass is 19.4. The van der Waals surface area contributed by atoms with Crippen molar-refractivity contribution in [1.29, 1.82) is 0 Å². The number of amides is 1. The van der Waals surface area contributed by atoms with Crippen LogP contribution in [0, 0.1) is 5.41 Å². The Morgan fingerprint density at radius 2 is 1.83 bits per heavy atom. The SMILES string of the molecule is CC(C)(CNC(=O)CCOCC(F)(F)F)C(=O)O. The van der Waals surface area contributed by atoms with Gasteiger partial charge in [0.25, 0.3) is 0 Å². The lowest BCUT2D eigenvalue weighted by atomic mass is 9.94. The zero-order valence-corrected chi connectivity index (χ0v) is 10.1. The van der Waals surface area contributed by atoms with Crippen LogP contribution in [0.5, 0.6) is 0 Å². The largest absolute Gasteiger partial charge is 0.481 e. The molecule has 0 saturated carbocycles. The lowest BCUT2D eigenvalue weighted by Gasteiger charge is -2.19. The van der Waals surface area contributed by atoms with Crippen molar-refractivity contribution < 1.29 is 32.6 Å². The maximum absolute atomic E-state index is 11.7. The number of rotatable bonds is 7. The molecular formula is C10H16F3NO4. The molecule has 0 heterocycles. The Morgan fingerprint density at radius 3 is 2.28 bits per heavy atom. The van der Waals surface area contributed by atoms with Gasteiger partial charge in [0.2, 0.25) is 5.91 Å². The van der Waals surface area contributed by atoms with Crippen LogP contribution in [0.15, 0.2) is 0 Å². The number of alkyl halides is 3. The molecule has 1 amide bonds. The molecule has 0 aliphatic rings. The Kier molecular flexibility index (Phi) is 6.10. The predicted octanol–water partition coefficient (Wildman–Crippen LogP) is 1.18. The topological polar surface area (TPSA) is 75.6 Å². The molecule has 0 aliphatic carbocycles. The molecule has 0 rings (SSSR count). The summed E-state index contributed by atoms with van der Waals surface area (Å²) in [6.07, 6.45) is -4.66. The fraction of sp³-hybridized carbons (Fsp3) is 0.800. The molecule has 0 fully saturated rings. The van der Waals surface area contributed by atoms with Crippen molar-refractivity contribution in [2.45, 2.75) is 26.4 Å². The number of nitrogens with one attached hydrogen (secondary N) is 1. The zero-order chi connectivity index (χ0) is 14.4. The van der Waals surface area contributed by atoms with E-state index < -0.39 is 30.1 Å². The Hall–Kier alpha value is -1.31. The van der Waals surface area contributed by atoms with E-state index in [4.69, 9.17) is 5.11 Å². The van der Waals surface area contributed by atoms with Crippen LogP contribution in [0.3, 0.4) is 0 Å². The second kappa shape index (κ2) is 6.58. The number of carboxylic acids is 1. The number of ether oxygens (including phenoxy) is 1. The number of carbonyl (C=O) groups is 2. The van der Waals surface area contributed by atoms with Crippen LogP contribution in [0.2, 0.25) is 0 Å². The van der Waals surface area contributed by atoms with E-state index in [0.29, 0.717) is 0 Å². The second-order valence-electron chi connectivity index (χ2n) is 4.38. The van der Waals surface area contributed by atoms with E-state index in [0.717, 1.165) is 0 Å². The van der Waals surface area contributed by atoms with Crippen molar-refractivity contribution in [1.82, 2.24) is 5.32 Å². The molecule has 0 aliphatic heterocycles. The summed E-state index contributed by atoms with van der Waals surface area (Å²) >= 11 is 0. The van der Waals surface area contributed by atoms with Crippen LogP contribution < -0.4 is 5.32 Å². The van der Waals surface area contributed by atoms with Crippen molar-refractivity contribution in [3.8, 4) is 0 Å². The van der Waals surface area contributed by atoms with E-state index in [9.17, 15) is 22.8 Å². The van der Waals surface area contributed by atoms with Gasteiger partial charge in [0.05, 0.1) is 12.0 Å². The molecule has 0 radical (unpaired) electrons. The quantitative estimate of drug-likeness (QED) is 0.682. The molecule has 106 valence electrons. The second-order valence-corrected chi connectivity index (χ2v) is 4.38. The lowest BCUT2D eigenvalue weighted by Crippen LogP contribution is -2.39. The number of halogens is 3. The first-order chi connectivity index (χ1) is 8.04. The highest BCUT2D eigenvalue weighted by Gasteiger charge is 2.28. The van der Waals surface area contributed by atoms with E-state index in [2.05, 4.69) is 10.1 Å². The summed E-state index contributed by atoms with van der Waals surface area (Å²) < 4.78 is 39.3. The average Bonchev–Trinajstić information content (AvgIpc) is 2.20. The molecule has 0 saturated heterocycles. The summed E-state index contributed by atoms with van der Waals surface area (Å²) in [7, 11) is 0. The first kappa shape index (κ1) is 16.7. The van der Waals surface area contributed by atoms with Gasteiger partial charge in [-0.3, -0.25) is 9.59 Å². The summed E-state index contributed by atoms with van der Waals surface area (Å²) in [5.41, 5.74) is -1.12. The third-order valence-corrected chi connectivity index (χ3v) is 2.05. The maximum Gasteiger partial charge on any atom is 0.411 e. The monoisotopic (exact) mass is 271 g/mol. The van der Waals surface area contributed by atoms with Gasteiger partial charge in [-0.05, 0) is 13.8 Å². The minimum atomic E-state index is -4.41. The van der Waals surface area contributed by atoms with Gasteiger partial charge in [-0.15, -0.1) is 0 Å². The van der Waals surface area contributed by atoms with Crippen LogP contribution in [-0.2, 0) is 14.3 Å². The van der Waals surface area contributed by atoms with Gasteiger partial charge in [-0.2, -0.15) is 13.2 Å². The third-order valence-electron chi connectivity index (χ3n) is 2.05. The van der Waals surface area contributed by atoms with Crippen molar-refractivity contribution in [3.05, 3.63) is 0 Å². The minimum Gasteiger partial charge on any atom is -0.481 e. The first-order valence-corrected chi connectivity index (χ1v) is 5.19. The van der Waals surface area contributed by atoms with Gasteiger partial charge < -0.3 is 15.2 Å². The fourth-order valence-electron chi connectivity index (χ4n) is 0.836. The molecule has 0 atom stereocenters. The van der Waals surface area contributed by atoms with Crippen LogP contribution in [-0.4, -0.2) is 42.9 Å². The van der Waals surface area contributed by atoms with Gasteiger partial charge in [-0.25, -0.2) is 0 Å². The Labute approximate surface area is 102 Å². The van der Waals surface area contributed by atoms with Crippen molar-refractivity contribution in [2.75, 3.05) is 19.8 Å². The maximum atomic E-state index is 11.7. The molecule has 0 aromatic heterocycles. The Morgan fingerprint density at radius 1 is 1.28 bits per heavy atom. The van der Waals surface area contributed by atoms with E-state index in [1.165, 1.54) is 13.8 Å². The van der Waals surface area contributed by atoms with Gasteiger partial charge in [0, 0.05) is 13.0 Å². The normalized spacial score (nSPS) is 12.3. The van der Waals surface area contributed by atoms with Crippen LogP contribution in [0.1, 0.15) is 20.3 Å². The van der Waals surface area contributed by atoms with Crippen LogP contribution in [0.25, 0.3) is 0 Å². The summed E-state index contributed by atoms with van der Waals surface area (Å²) in [4.78, 5) is 21.9.